The van der Waals surface area contributed by atoms with Crippen LogP contribution in [-0.2, 0) is 23.2 Å². The molecule has 0 unspecified atom stereocenters. The summed E-state index contributed by atoms with van der Waals surface area (Å²) >= 11 is 0. The summed E-state index contributed by atoms with van der Waals surface area (Å²) in [6.07, 6.45) is 0. The third-order valence-corrected chi connectivity index (χ3v) is 4.59. The number of rotatable bonds is 5. The number of benzene rings is 1. The molecule has 0 saturated heterocycles. The Bertz CT molecular complexity index is 742. The molecule has 0 amide bonds. The zero-order valence-electron chi connectivity index (χ0n) is 12.0. The van der Waals surface area contributed by atoms with Crippen molar-refractivity contribution in [2.24, 2.45) is 0 Å². The molecule has 1 aromatic carbocycles. The molecular formula is C15H18N2O3S. The molecule has 0 fully saturated rings. The molecule has 1 heterocycles. The predicted octanol–water partition coefficient (Wildman–Crippen LogP) is 1.67. The fourth-order valence-corrected chi connectivity index (χ4v) is 2.98. The number of aliphatic hydroxyl groups excluding tert-OH is 1. The summed E-state index contributed by atoms with van der Waals surface area (Å²) in [5, 5.41) is 9.22. The molecule has 112 valence electrons. The van der Waals surface area contributed by atoms with E-state index in [1.165, 1.54) is 12.1 Å². The van der Waals surface area contributed by atoms with Crippen LogP contribution in [0.3, 0.4) is 0 Å². The van der Waals surface area contributed by atoms with Crippen LogP contribution in [0.2, 0.25) is 0 Å². The van der Waals surface area contributed by atoms with Crippen LogP contribution in [0.4, 0.5) is 0 Å². The van der Waals surface area contributed by atoms with Crippen molar-refractivity contribution in [3.8, 4) is 0 Å². The maximum absolute atomic E-state index is 12.2. The molecule has 1 aromatic heterocycles. The van der Waals surface area contributed by atoms with Gasteiger partial charge in [0.2, 0.25) is 10.0 Å². The number of nitrogens with zero attached hydrogens (tertiary/aromatic N) is 1. The standard InChI is InChI=1S/C15H18N2O3S/c1-11-6-7-15(8-13(11)10-18)21(19,20)16-9-14-5-3-4-12(2)17-14/h3-8,16,18H,9-10H2,1-2H3. The van der Waals surface area contributed by atoms with E-state index in [1.807, 2.05) is 26.0 Å². The Hall–Kier alpha value is -1.76. The summed E-state index contributed by atoms with van der Waals surface area (Å²) in [5.41, 5.74) is 2.96. The van der Waals surface area contributed by atoms with Crippen LogP contribution < -0.4 is 4.72 Å². The first kappa shape index (κ1) is 15.6. The summed E-state index contributed by atoms with van der Waals surface area (Å²) in [6, 6.07) is 10.2. The molecule has 0 atom stereocenters. The fourth-order valence-electron chi connectivity index (χ4n) is 1.94. The molecule has 2 aromatic rings. The third kappa shape index (κ3) is 3.87. The molecule has 2 N–H and O–H groups in total. The number of pyridine rings is 1. The SMILES string of the molecule is Cc1cccc(CNS(=O)(=O)c2ccc(C)c(CO)c2)n1. The Morgan fingerprint density at radius 1 is 1.19 bits per heavy atom. The van der Waals surface area contributed by atoms with Crippen LogP contribution in [-0.4, -0.2) is 18.5 Å². The van der Waals surface area contributed by atoms with E-state index < -0.39 is 10.0 Å². The Kier molecular flexibility index (Phi) is 4.72. The van der Waals surface area contributed by atoms with Crippen LogP contribution in [0.5, 0.6) is 0 Å². The minimum Gasteiger partial charge on any atom is -0.392 e. The van der Waals surface area contributed by atoms with Gasteiger partial charge < -0.3 is 5.11 Å². The van der Waals surface area contributed by atoms with E-state index in [4.69, 9.17) is 0 Å². The van der Waals surface area contributed by atoms with Gasteiger partial charge in [-0.3, -0.25) is 4.98 Å². The highest BCUT2D eigenvalue weighted by Gasteiger charge is 2.15. The van der Waals surface area contributed by atoms with Crippen molar-refractivity contribution in [1.29, 1.82) is 0 Å². The molecule has 0 radical (unpaired) electrons. The Morgan fingerprint density at radius 2 is 1.95 bits per heavy atom. The van der Waals surface area contributed by atoms with Crippen molar-refractivity contribution in [1.82, 2.24) is 9.71 Å². The quantitative estimate of drug-likeness (QED) is 0.880. The van der Waals surface area contributed by atoms with Gasteiger partial charge in [0.25, 0.3) is 0 Å². The van der Waals surface area contributed by atoms with Crippen molar-refractivity contribution < 1.29 is 13.5 Å². The summed E-state index contributed by atoms with van der Waals surface area (Å²) in [6.45, 7) is 3.62. The predicted molar refractivity (Wildman–Crippen MR) is 80.1 cm³/mol. The second-order valence-corrected chi connectivity index (χ2v) is 6.61. The fraction of sp³-hybridized carbons (Fsp3) is 0.267. The average molecular weight is 306 g/mol. The zero-order chi connectivity index (χ0) is 15.5. The number of hydrogen-bond donors (Lipinski definition) is 2. The third-order valence-electron chi connectivity index (χ3n) is 3.19. The van der Waals surface area contributed by atoms with E-state index >= 15 is 0 Å². The maximum atomic E-state index is 12.2. The maximum Gasteiger partial charge on any atom is 0.240 e. The second kappa shape index (κ2) is 6.34. The van der Waals surface area contributed by atoms with Crippen molar-refractivity contribution in [2.75, 3.05) is 0 Å². The van der Waals surface area contributed by atoms with E-state index in [2.05, 4.69) is 9.71 Å². The Balaban J connectivity index is 2.18. The summed E-state index contributed by atoms with van der Waals surface area (Å²) < 4.78 is 27.0. The van der Waals surface area contributed by atoms with Gasteiger partial charge in [-0.25, -0.2) is 13.1 Å². The van der Waals surface area contributed by atoms with E-state index in [0.29, 0.717) is 11.3 Å². The lowest BCUT2D eigenvalue weighted by Crippen LogP contribution is -2.24. The minimum atomic E-state index is -3.62. The number of hydrogen-bond acceptors (Lipinski definition) is 4. The van der Waals surface area contributed by atoms with Crippen molar-refractivity contribution in [2.45, 2.75) is 31.9 Å². The first-order valence-corrected chi connectivity index (χ1v) is 8.03. The van der Waals surface area contributed by atoms with Crippen LogP contribution in [0, 0.1) is 13.8 Å². The molecule has 0 saturated carbocycles. The highest BCUT2D eigenvalue weighted by atomic mass is 32.2. The molecule has 0 bridgehead atoms. The second-order valence-electron chi connectivity index (χ2n) is 4.84. The smallest absolute Gasteiger partial charge is 0.240 e. The highest BCUT2D eigenvalue weighted by molar-refractivity contribution is 7.89. The Labute approximate surface area is 124 Å². The van der Waals surface area contributed by atoms with Gasteiger partial charge >= 0.3 is 0 Å². The largest absolute Gasteiger partial charge is 0.392 e. The number of nitrogens with one attached hydrogen (secondary N) is 1. The zero-order valence-corrected chi connectivity index (χ0v) is 12.8. The molecule has 0 aliphatic rings. The number of sulfonamides is 1. The highest BCUT2D eigenvalue weighted by Crippen LogP contribution is 2.16. The van der Waals surface area contributed by atoms with Gasteiger partial charge in [-0.1, -0.05) is 12.1 Å². The van der Waals surface area contributed by atoms with E-state index in [9.17, 15) is 13.5 Å². The van der Waals surface area contributed by atoms with E-state index in [1.54, 1.807) is 12.1 Å². The Morgan fingerprint density at radius 3 is 2.62 bits per heavy atom. The topological polar surface area (TPSA) is 79.3 Å². The molecule has 0 aliphatic carbocycles. The number of aliphatic hydroxyl groups is 1. The monoisotopic (exact) mass is 306 g/mol. The summed E-state index contributed by atoms with van der Waals surface area (Å²) in [4.78, 5) is 4.39. The van der Waals surface area contributed by atoms with Gasteiger partial charge in [0.05, 0.1) is 23.7 Å². The lowest BCUT2D eigenvalue weighted by Gasteiger charge is -2.09. The van der Waals surface area contributed by atoms with E-state index in [-0.39, 0.29) is 18.0 Å². The minimum absolute atomic E-state index is 0.131. The van der Waals surface area contributed by atoms with Crippen LogP contribution in [0.25, 0.3) is 0 Å². The average Bonchev–Trinajstić information content (AvgIpc) is 2.46. The first-order chi connectivity index (χ1) is 9.92. The van der Waals surface area contributed by atoms with Gasteiger partial charge in [0.1, 0.15) is 0 Å². The lowest BCUT2D eigenvalue weighted by atomic mass is 10.1. The molecule has 5 nitrogen and oxygen atoms in total. The van der Waals surface area contributed by atoms with Crippen molar-refractivity contribution in [3.63, 3.8) is 0 Å². The van der Waals surface area contributed by atoms with Gasteiger partial charge in [-0.05, 0) is 49.2 Å². The first-order valence-electron chi connectivity index (χ1n) is 6.55. The van der Waals surface area contributed by atoms with Gasteiger partial charge in [0.15, 0.2) is 0 Å². The van der Waals surface area contributed by atoms with Crippen LogP contribution in [0.1, 0.15) is 22.5 Å². The molecule has 21 heavy (non-hydrogen) atoms. The van der Waals surface area contributed by atoms with Gasteiger partial charge in [0, 0.05) is 5.69 Å². The van der Waals surface area contributed by atoms with E-state index in [0.717, 1.165) is 11.3 Å². The van der Waals surface area contributed by atoms with Gasteiger partial charge in [-0.2, -0.15) is 0 Å². The molecule has 6 heteroatoms. The molecule has 0 spiro atoms. The molecular weight excluding hydrogens is 288 g/mol. The summed E-state index contributed by atoms with van der Waals surface area (Å²) in [5.74, 6) is 0. The van der Waals surface area contributed by atoms with Crippen LogP contribution in [0.15, 0.2) is 41.3 Å². The molecule has 0 aliphatic heterocycles. The number of aromatic nitrogens is 1. The van der Waals surface area contributed by atoms with Crippen molar-refractivity contribution in [3.05, 3.63) is 58.9 Å². The molecule has 2 rings (SSSR count). The number of aryl methyl sites for hydroxylation is 2. The van der Waals surface area contributed by atoms with Crippen LogP contribution >= 0.6 is 0 Å². The van der Waals surface area contributed by atoms with Crippen molar-refractivity contribution >= 4 is 10.0 Å². The lowest BCUT2D eigenvalue weighted by molar-refractivity contribution is 0.280. The summed E-state index contributed by atoms with van der Waals surface area (Å²) in [7, 11) is -3.62. The normalized spacial score (nSPS) is 11.6. The van der Waals surface area contributed by atoms with Gasteiger partial charge in [-0.15, -0.1) is 0 Å².